The summed E-state index contributed by atoms with van der Waals surface area (Å²) < 4.78 is 7.89. The Kier molecular flexibility index (Phi) is 4.77. The highest BCUT2D eigenvalue weighted by atomic mass is 35.5. The quantitative estimate of drug-likeness (QED) is 0.630. The fourth-order valence-corrected chi connectivity index (χ4v) is 3.91. The second kappa shape index (κ2) is 7.09. The minimum absolute atomic E-state index is 0.267. The molecular weight excluding hydrogens is 368 g/mol. The number of ether oxygens (including phenoxy) is 1. The van der Waals surface area contributed by atoms with Crippen molar-refractivity contribution in [3.63, 3.8) is 0 Å². The molecule has 1 fully saturated rings. The zero-order chi connectivity index (χ0) is 19.1. The molecule has 1 aliphatic carbocycles. The molecule has 27 heavy (non-hydrogen) atoms. The average molecular weight is 389 g/mol. The number of halogens is 1. The number of aromatic nitrogens is 3. The van der Waals surface area contributed by atoms with Gasteiger partial charge in [-0.3, -0.25) is 0 Å². The number of rotatable bonds is 4. The number of aryl methyl sites for hydroxylation is 1. The molecule has 1 aromatic carbocycles. The molecule has 0 saturated heterocycles. The first-order valence-corrected chi connectivity index (χ1v) is 9.17. The van der Waals surface area contributed by atoms with Gasteiger partial charge in [-0.2, -0.15) is 0 Å². The fraction of sp³-hybridized carbons (Fsp3) is 0.368. The Morgan fingerprint density at radius 3 is 2.85 bits per heavy atom. The molecule has 0 aliphatic heterocycles. The van der Waals surface area contributed by atoms with Crippen molar-refractivity contribution in [1.29, 1.82) is 0 Å². The van der Waals surface area contributed by atoms with Crippen LogP contribution >= 0.6 is 11.6 Å². The molecule has 3 aromatic rings. The van der Waals surface area contributed by atoms with Crippen molar-refractivity contribution >= 4 is 22.6 Å². The van der Waals surface area contributed by atoms with Crippen LogP contribution < -0.4 is 10.5 Å². The summed E-state index contributed by atoms with van der Waals surface area (Å²) >= 11 is 6.01. The molecule has 0 amide bonds. The molecule has 4 rings (SSSR count). The van der Waals surface area contributed by atoms with Crippen molar-refractivity contribution in [3.8, 4) is 5.75 Å². The molecule has 1 saturated carbocycles. The number of nitrogens with two attached hydrogens (primary N) is 1. The van der Waals surface area contributed by atoms with E-state index in [0.717, 1.165) is 22.3 Å². The van der Waals surface area contributed by atoms with Crippen LogP contribution in [0, 0.1) is 6.92 Å². The maximum Gasteiger partial charge on any atom is 0.143 e. The molecule has 0 bridgehead atoms. The highest BCUT2D eigenvalue weighted by Crippen LogP contribution is 2.36. The first-order valence-electron chi connectivity index (χ1n) is 8.79. The zero-order valence-electron chi connectivity index (χ0n) is 14.8. The van der Waals surface area contributed by atoms with Crippen LogP contribution in [0.15, 0.2) is 36.8 Å². The Morgan fingerprint density at radius 2 is 2.07 bits per heavy atom. The number of fused-ring (bicyclic) bond motifs is 1. The lowest BCUT2D eigenvalue weighted by Gasteiger charge is -2.20. The summed E-state index contributed by atoms with van der Waals surface area (Å²) in [5, 5.41) is 22.7. The summed E-state index contributed by atoms with van der Waals surface area (Å²) in [6.45, 7) is 2.18. The smallest absolute Gasteiger partial charge is 0.143 e. The van der Waals surface area contributed by atoms with E-state index in [1.165, 1.54) is 6.33 Å². The number of aliphatic hydroxyl groups is 2. The van der Waals surface area contributed by atoms with E-state index in [2.05, 4.69) is 9.97 Å². The van der Waals surface area contributed by atoms with Gasteiger partial charge in [-0.05, 0) is 31.2 Å². The van der Waals surface area contributed by atoms with Crippen LogP contribution in [0.3, 0.4) is 0 Å². The Balaban J connectivity index is 1.62. The molecule has 7 nitrogen and oxygen atoms in total. The van der Waals surface area contributed by atoms with E-state index in [1.54, 1.807) is 18.2 Å². The van der Waals surface area contributed by atoms with E-state index < -0.39 is 18.3 Å². The van der Waals surface area contributed by atoms with Crippen LogP contribution in [-0.2, 0) is 6.54 Å². The molecule has 0 spiro atoms. The molecule has 8 heteroatoms. The van der Waals surface area contributed by atoms with Crippen LogP contribution in [0.4, 0.5) is 0 Å². The lowest BCUT2D eigenvalue weighted by atomic mass is 10.2. The third-order valence-corrected chi connectivity index (χ3v) is 5.42. The minimum atomic E-state index is -1.03. The van der Waals surface area contributed by atoms with Gasteiger partial charge in [0.2, 0.25) is 0 Å². The van der Waals surface area contributed by atoms with Crippen molar-refractivity contribution in [2.75, 3.05) is 0 Å². The third kappa shape index (κ3) is 3.17. The zero-order valence-corrected chi connectivity index (χ0v) is 15.5. The molecule has 4 atom stereocenters. The fourth-order valence-electron chi connectivity index (χ4n) is 3.71. The van der Waals surface area contributed by atoms with Gasteiger partial charge in [0.25, 0.3) is 0 Å². The summed E-state index contributed by atoms with van der Waals surface area (Å²) in [5.41, 5.74) is 8.12. The second-order valence-corrected chi connectivity index (χ2v) is 7.25. The molecule has 0 unspecified atom stereocenters. The predicted molar refractivity (Wildman–Crippen MR) is 102 cm³/mol. The largest absolute Gasteiger partial charge is 0.487 e. The van der Waals surface area contributed by atoms with Crippen LogP contribution in [0.25, 0.3) is 11.0 Å². The van der Waals surface area contributed by atoms with Crippen molar-refractivity contribution < 1.29 is 14.9 Å². The lowest BCUT2D eigenvalue weighted by molar-refractivity contribution is -0.0165. The van der Waals surface area contributed by atoms with Gasteiger partial charge in [-0.15, -0.1) is 0 Å². The predicted octanol–water partition coefficient (Wildman–Crippen LogP) is 1.97. The van der Waals surface area contributed by atoms with E-state index in [1.807, 2.05) is 23.8 Å². The van der Waals surface area contributed by atoms with Gasteiger partial charge in [-0.1, -0.05) is 11.6 Å². The monoisotopic (exact) mass is 388 g/mol. The van der Waals surface area contributed by atoms with Crippen LogP contribution in [0.5, 0.6) is 5.75 Å². The van der Waals surface area contributed by atoms with Crippen molar-refractivity contribution in [3.05, 3.63) is 53.1 Å². The van der Waals surface area contributed by atoms with E-state index in [-0.39, 0.29) is 12.6 Å². The van der Waals surface area contributed by atoms with Gasteiger partial charge in [0.15, 0.2) is 0 Å². The van der Waals surface area contributed by atoms with Gasteiger partial charge in [0, 0.05) is 35.1 Å². The maximum atomic E-state index is 10.6. The average Bonchev–Trinajstić information content (AvgIpc) is 3.20. The van der Waals surface area contributed by atoms with Crippen molar-refractivity contribution in [2.24, 2.45) is 5.73 Å². The molecule has 2 heterocycles. The van der Waals surface area contributed by atoms with E-state index in [4.69, 9.17) is 22.1 Å². The van der Waals surface area contributed by atoms with Crippen molar-refractivity contribution in [1.82, 2.24) is 14.5 Å². The topological polar surface area (TPSA) is 106 Å². The number of aliphatic hydroxyl groups excluding tert-OH is 2. The van der Waals surface area contributed by atoms with Crippen LogP contribution in [-0.4, -0.2) is 43.1 Å². The SMILES string of the molecule is Cc1ncnc2c1ccn2[C@@H]1C[C@H](Oc2ccc(Cl)cc2CN)[C@@H](O)[C@H]1O. The molecule has 1 aliphatic rings. The van der Waals surface area contributed by atoms with Gasteiger partial charge in [-0.25, -0.2) is 9.97 Å². The summed E-state index contributed by atoms with van der Waals surface area (Å²) in [4.78, 5) is 8.53. The maximum absolute atomic E-state index is 10.6. The highest BCUT2D eigenvalue weighted by molar-refractivity contribution is 6.30. The molecular formula is C19H21ClN4O3. The first kappa shape index (κ1) is 18.2. The van der Waals surface area contributed by atoms with E-state index in [9.17, 15) is 10.2 Å². The number of nitrogens with zero attached hydrogens (tertiary/aromatic N) is 3. The minimum Gasteiger partial charge on any atom is -0.487 e. The Labute approximate surface area is 161 Å². The van der Waals surface area contributed by atoms with E-state index in [0.29, 0.717) is 17.2 Å². The molecule has 4 N–H and O–H groups in total. The number of hydrogen-bond acceptors (Lipinski definition) is 6. The summed E-state index contributed by atoms with van der Waals surface area (Å²) in [6, 6.07) is 6.75. The second-order valence-electron chi connectivity index (χ2n) is 6.82. The Hall–Kier alpha value is -2.19. The lowest BCUT2D eigenvalue weighted by Crippen LogP contribution is -2.34. The Morgan fingerprint density at radius 1 is 1.26 bits per heavy atom. The standard InChI is InChI=1S/C19H21ClN4O3/c1-10-13-4-5-24(19(13)23-9-22-10)14-7-16(18(26)17(14)25)27-15-3-2-12(20)6-11(15)8-21/h2-6,9,14,16-18,25-26H,7-8,21H2,1H3/t14-,16+,17+,18-/m1/s1. The third-order valence-electron chi connectivity index (χ3n) is 5.19. The number of hydrogen-bond donors (Lipinski definition) is 3. The summed E-state index contributed by atoms with van der Waals surface area (Å²) in [7, 11) is 0. The van der Waals surface area contributed by atoms with Crippen molar-refractivity contribution in [2.45, 2.75) is 44.2 Å². The Bertz CT molecular complexity index is 977. The highest BCUT2D eigenvalue weighted by Gasteiger charge is 2.44. The van der Waals surface area contributed by atoms with Gasteiger partial charge >= 0.3 is 0 Å². The van der Waals surface area contributed by atoms with Gasteiger partial charge in [0.1, 0.15) is 36.0 Å². The molecule has 0 radical (unpaired) electrons. The van der Waals surface area contributed by atoms with Crippen LogP contribution in [0.1, 0.15) is 23.7 Å². The molecule has 142 valence electrons. The van der Waals surface area contributed by atoms with E-state index >= 15 is 0 Å². The summed E-state index contributed by atoms with van der Waals surface area (Å²) in [5.74, 6) is 0.564. The summed E-state index contributed by atoms with van der Waals surface area (Å²) in [6.07, 6.45) is 1.22. The normalized spacial score (nSPS) is 25.2. The number of benzene rings is 1. The first-order chi connectivity index (χ1) is 13.0. The van der Waals surface area contributed by atoms with Gasteiger partial charge in [0.05, 0.1) is 11.7 Å². The van der Waals surface area contributed by atoms with Gasteiger partial charge < -0.3 is 25.3 Å². The van der Waals surface area contributed by atoms with Crippen LogP contribution in [0.2, 0.25) is 5.02 Å². The molecule has 2 aromatic heterocycles.